The van der Waals surface area contributed by atoms with Crippen molar-refractivity contribution in [3.8, 4) is 0 Å². The lowest BCUT2D eigenvalue weighted by molar-refractivity contribution is -0.120. The summed E-state index contributed by atoms with van der Waals surface area (Å²) in [5, 5.41) is 5.52. The van der Waals surface area contributed by atoms with Crippen LogP contribution in [-0.4, -0.2) is 43.0 Å². The minimum Gasteiger partial charge on any atom is -0.354 e. The maximum atomic E-state index is 11.5. The van der Waals surface area contributed by atoms with Crippen molar-refractivity contribution in [3.05, 3.63) is 0 Å². The summed E-state index contributed by atoms with van der Waals surface area (Å²) in [6.07, 6.45) is 1.33. The van der Waals surface area contributed by atoms with Crippen molar-refractivity contribution in [1.82, 2.24) is 15.5 Å². The molecular weight excluding hydrogens is 182 g/mol. The van der Waals surface area contributed by atoms with Crippen LogP contribution in [0.1, 0.15) is 19.8 Å². The first-order valence-corrected chi connectivity index (χ1v) is 5.03. The molecule has 0 aromatic rings. The standard InChI is InChI=1S/C9H17N3O2/c1-2-4-11-9(14)12-6-3-8(13)10-5-7-12/h2-7H2,1H3,(H,10,13)(H,11,14). The molecule has 1 aliphatic heterocycles. The summed E-state index contributed by atoms with van der Waals surface area (Å²) >= 11 is 0. The molecule has 1 saturated heterocycles. The van der Waals surface area contributed by atoms with Gasteiger partial charge in [0.05, 0.1) is 0 Å². The lowest BCUT2D eigenvalue weighted by Crippen LogP contribution is -2.41. The van der Waals surface area contributed by atoms with Gasteiger partial charge in [0.2, 0.25) is 5.91 Å². The van der Waals surface area contributed by atoms with Gasteiger partial charge in [0, 0.05) is 32.6 Å². The van der Waals surface area contributed by atoms with Crippen LogP contribution < -0.4 is 10.6 Å². The Morgan fingerprint density at radius 1 is 1.57 bits per heavy atom. The molecule has 0 aliphatic carbocycles. The van der Waals surface area contributed by atoms with Gasteiger partial charge in [-0.1, -0.05) is 6.92 Å². The Morgan fingerprint density at radius 2 is 2.36 bits per heavy atom. The molecule has 5 nitrogen and oxygen atoms in total. The number of hydrogen-bond donors (Lipinski definition) is 2. The van der Waals surface area contributed by atoms with E-state index in [1.165, 1.54) is 0 Å². The third kappa shape index (κ3) is 3.24. The summed E-state index contributed by atoms with van der Waals surface area (Å²) in [7, 11) is 0. The quantitative estimate of drug-likeness (QED) is 0.654. The zero-order chi connectivity index (χ0) is 10.4. The summed E-state index contributed by atoms with van der Waals surface area (Å²) in [5.41, 5.74) is 0. The third-order valence-corrected chi connectivity index (χ3v) is 2.13. The van der Waals surface area contributed by atoms with E-state index in [1.807, 2.05) is 6.92 Å². The molecule has 3 amide bonds. The normalized spacial score (nSPS) is 17.2. The topological polar surface area (TPSA) is 61.4 Å². The third-order valence-electron chi connectivity index (χ3n) is 2.13. The fraction of sp³-hybridized carbons (Fsp3) is 0.778. The minimum atomic E-state index is -0.0663. The summed E-state index contributed by atoms with van der Waals surface area (Å²) in [5.74, 6) is 0.0239. The van der Waals surface area contributed by atoms with Gasteiger partial charge >= 0.3 is 6.03 Å². The minimum absolute atomic E-state index is 0.0239. The van der Waals surface area contributed by atoms with E-state index in [1.54, 1.807) is 4.90 Å². The van der Waals surface area contributed by atoms with E-state index in [-0.39, 0.29) is 11.9 Å². The Hall–Kier alpha value is -1.26. The average molecular weight is 199 g/mol. The first kappa shape index (κ1) is 10.8. The predicted molar refractivity (Wildman–Crippen MR) is 52.9 cm³/mol. The van der Waals surface area contributed by atoms with Crippen LogP contribution in [0.15, 0.2) is 0 Å². The van der Waals surface area contributed by atoms with Gasteiger partial charge in [-0.2, -0.15) is 0 Å². The molecule has 0 saturated carbocycles. The van der Waals surface area contributed by atoms with Crippen molar-refractivity contribution in [2.45, 2.75) is 19.8 Å². The Balaban J connectivity index is 2.35. The SMILES string of the molecule is CCCNC(=O)N1CCNC(=O)CC1. The van der Waals surface area contributed by atoms with Crippen molar-refractivity contribution in [2.24, 2.45) is 0 Å². The van der Waals surface area contributed by atoms with Crippen LogP contribution in [0.25, 0.3) is 0 Å². The van der Waals surface area contributed by atoms with Crippen LogP contribution in [0, 0.1) is 0 Å². The van der Waals surface area contributed by atoms with Crippen LogP contribution in [0.5, 0.6) is 0 Å². The summed E-state index contributed by atoms with van der Waals surface area (Å²) < 4.78 is 0. The molecule has 1 heterocycles. The molecule has 0 atom stereocenters. The smallest absolute Gasteiger partial charge is 0.317 e. The van der Waals surface area contributed by atoms with E-state index >= 15 is 0 Å². The molecule has 1 rings (SSSR count). The molecule has 0 unspecified atom stereocenters. The van der Waals surface area contributed by atoms with Crippen molar-refractivity contribution in [1.29, 1.82) is 0 Å². The lowest BCUT2D eigenvalue weighted by atomic mass is 10.4. The van der Waals surface area contributed by atoms with Crippen molar-refractivity contribution >= 4 is 11.9 Å². The van der Waals surface area contributed by atoms with Crippen LogP contribution in [0.3, 0.4) is 0 Å². The number of hydrogen-bond acceptors (Lipinski definition) is 2. The maximum Gasteiger partial charge on any atom is 0.317 e. The second-order valence-corrected chi connectivity index (χ2v) is 3.32. The number of amides is 3. The molecule has 0 spiro atoms. The maximum absolute atomic E-state index is 11.5. The van der Waals surface area contributed by atoms with E-state index in [4.69, 9.17) is 0 Å². The largest absolute Gasteiger partial charge is 0.354 e. The number of nitrogens with one attached hydrogen (secondary N) is 2. The van der Waals surface area contributed by atoms with E-state index < -0.39 is 0 Å². The molecule has 14 heavy (non-hydrogen) atoms. The van der Waals surface area contributed by atoms with E-state index in [9.17, 15) is 9.59 Å². The monoisotopic (exact) mass is 199 g/mol. The molecule has 0 radical (unpaired) electrons. The molecule has 80 valence electrons. The van der Waals surface area contributed by atoms with Gasteiger partial charge in [-0.3, -0.25) is 4.79 Å². The van der Waals surface area contributed by atoms with Crippen molar-refractivity contribution in [2.75, 3.05) is 26.2 Å². The summed E-state index contributed by atoms with van der Waals surface area (Å²) in [6.45, 7) is 4.37. The second kappa shape index (κ2) is 5.47. The van der Waals surface area contributed by atoms with Gasteiger partial charge in [-0.25, -0.2) is 4.79 Å². The molecule has 1 fully saturated rings. The van der Waals surface area contributed by atoms with Gasteiger partial charge in [0.25, 0.3) is 0 Å². The summed E-state index contributed by atoms with van der Waals surface area (Å²) in [4.78, 5) is 24.2. The van der Waals surface area contributed by atoms with E-state index in [2.05, 4.69) is 10.6 Å². The van der Waals surface area contributed by atoms with Crippen LogP contribution in [0.2, 0.25) is 0 Å². The van der Waals surface area contributed by atoms with Crippen LogP contribution in [0.4, 0.5) is 4.79 Å². The highest BCUT2D eigenvalue weighted by atomic mass is 16.2. The average Bonchev–Trinajstić information content (AvgIpc) is 2.39. The fourth-order valence-corrected chi connectivity index (χ4v) is 1.31. The van der Waals surface area contributed by atoms with Crippen LogP contribution in [-0.2, 0) is 4.79 Å². The van der Waals surface area contributed by atoms with E-state index in [0.717, 1.165) is 6.42 Å². The first-order valence-electron chi connectivity index (χ1n) is 5.03. The number of nitrogens with zero attached hydrogens (tertiary/aromatic N) is 1. The van der Waals surface area contributed by atoms with Gasteiger partial charge < -0.3 is 15.5 Å². The zero-order valence-corrected chi connectivity index (χ0v) is 8.51. The Kier molecular flexibility index (Phi) is 4.22. The molecule has 5 heteroatoms. The number of carbonyl (C=O) groups excluding carboxylic acids is 2. The molecule has 2 N–H and O–H groups in total. The first-order chi connectivity index (χ1) is 6.74. The number of carbonyl (C=O) groups is 2. The zero-order valence-electron chi connectivity index (χ0n) is 8.51. The molecule has 0 aromatic heterocycles. The van der Waals surface area contributed by atoms with Gasteiger partial charge in [-0.05, 0) is 6.42 Å². The molecule has 1 aliphatic rings. The van der Waals surface area contributed by atoms with Crippen molar-refractivity contribution in [3.63, 3.8) is 0 Å². The fourth-order valence-electron chi connectivity index (χ4n) is 1.31. The number of urea groups is 1. The molecule has 0 aromatic carbocycles. The Bertz CT molecular complexity index is 218. The van der Waals surface area contributed by atoms with Crippen LogP contribution >= 0.6 is 0 Å². The highest BCUT2D eigenvalue weighted by Gasteiger charge is 2.17. The second-order valence-electron chi connectivity index (χ2n) is 3.32. The highest BCUT2D eigenvalue weighted by Crippen LogP contribution is 1.96. The molecule has 0 bridgehead atoms. The Morgan fingerprint density at radius 3 is 3.07 bits per heavy atom. The predicted octanol–water partition coefficient (Wildman–Crippen LogP) is -0.0721. The summed E-state index contributed by atoms with van der Waals surface area (Å²) in [6, 6.07) is -0.0663. The highest BCUT2D eigenvalue weighted by molar-refractivity contribution is 5.79. The Labute approximate surface area is 83.8 Å². The van der Waals surface area contributed by atoms with Gasteiger partial charge in [-0.15, -0.1) is 0 Å². The van der Waals surface area contributed by atoms with Crippen molar-refractivity contribution < 1.29 is 9.59 Å². The lowest BCUT2D eigenvalue weighted by Gasteiger charge is -2.19. The van der Waals surface area contributed by atoms with Gasteiger partial charge in [0.15, 0.2) is 0 Å². The van der Waals surface area contributed by atoms with E-state index in [0.29, 0.717) is 32.6 Å². The van der Waals surface area contributed by atoms with Gasteiger partial charge in [0.1, 0.15) is 0 Å². The number of rotatable bonds is 2. The molecular formula is C9H17N3O2.